The highest BCUT2D eigenvalue weighted by atomic mass is 32.2. The van der Waals surface area contributed by atoms with E-state index in [1.165, 1.54) is 22.9 Å². The van der Waals surface area contributed by atoms with Crippen LogP contribution < -0.4 is 16.0 Å². The third-order valence-electron chi connectivity index (χ3n) is 8.47. The Bertz CT molecular complexity index is 1780. The molecule has 1 aromatic carbocycles. The van der Waals surface area contributed by atoms with E-state index in [-0.39, 0.29) is 54.4 Å². The highest BCUT2D eigenvalue weighted by Gasteiger charge is 2.34. The van der Waals surface area contributed by atoms with E-state index >= 15 is 8.78 Å². The normalized spacial score (nSPS) is 21.0. The molecule has 6 rings (SSSR count). The molecule has 3 N–H and O–H groups in total. The van der Waals surface area contributed by atoms with Crippen molar-refractivity contribution in [1.82, 2.24) is 19.6 Å². The van der Waals surface area contributed by atoms with Gasteiger partial charge in [0.2, 0.25) is 5.95 Å². The summed E-state index contributed by atoms with van der Waals surface area (Å²) >= 11 is 0. The molecule has 12 nitrogen and oxygen atoms in total. The lowest BCUT2D eigenvalue weighted by Gasteiger charge is -2.42. The summed E-state index contributed by atoms with van der Waals surface area (Å²) in [5, 5.41) is 7.83. The van der Waals surface area contributed by atoms with Crippen molar-refractivity contribution in [1.29, 1.82) is 0 Å². The summed E-state index contributed by atoms with van der Waals surface area (Å²) < 4.78 is 72.4. The van der Waals surface area contributed by atoms with Gasteiger partial charge in [-0.25, -0.2) is 22.2 Å². The number of hydrogen-bond donors (Lipinski definition) is 2. The summed E-state index contributed by atoms with van der Waals surface area (Å²) in [4.78, 5) is 10.9. The van der Waals surface area contributed by atoms with E-state index in [0.29, 0.717) is 49.0 Å². The third kappa shape index (κ3) is 7.87. The average Bonchev–Trinajstić information content (AvgIpc) is 3.43. The van der Waals surface area contributed by atoms with Crippen LogP contribution in [0.4, 0.5) is 26.1 Å². The van der Waals surface area contributed by atoms with Crippen LogP contribution in [0.5, 0.6) is 0 Å². The van der Waals surface area contributed by atoms with Gasteiger partial charge in [0.15, 0.2) is 0 Å². The summed E-state index contributed by atoms with van der Waals surface area (Å²) in [7, 11) is -3.14. The van der Waals surface area contributed by atoms with Gasteiger partial charge in [0.05, 0.1) is 71.7 Å². The van der Waals surface area contributed by atoms with Gasteiger partial charge >= 0.3 is 0 Å². The lowest BCUT2D eigenvalue weighted by atomic mass is 9.92. The number of nitrogens with one attached hydrogen (secondary N) is 1. The summed E-state index contributed by atoms with van der Waals surface area (Å²) in [5.41, 5.74) is 8.85. The first-order chi connectivity index (χ1) is 22.6. The first kappa shape index (κ1) is 33.2. The number of nitrogens with zero attached hydrogens (tertiary/aromatic N) is 5. The van der Waals surface area contributed by atoms with Crippen molar-refractivity contribution in [2.45, 2.75) is 44.6 Å². The van der Waals surface area contributed by atoms with E-state index < -0.39 is 21.5 Å². The number of halogens is 2. The van der Waals surface area contributed by atoms with Gasteiger partial charge in [-0.05, 0) is 48.7 Å². The fourth-order valence-electron chi connectivity index (χ4n) is 6.12. The van der Waals surface area contributed by atoms with E-state index in [1.54, 1.807) is 30.7 Å². The van der Waals surface area contributed by atoms with Gasteiger partial charge in [0.25, 0.3) is 0 Å². The number of anilines is 3. The molecule has 252 valence electrons. The van der Waals surface area contributed by atoms with E-state index in [0.717, 1.165) is 18.5 Å². The summed E-state index contributed by atoms with van der Waals surface area (Å²) in [6.07, 6.45) is 7.34. The molecule has 3 atom stereocenters. The van der Waals surface area contributed by atoms with Crippen LogP contribution in [0.2, 0.25) is 0 Å². The number of sulfone groups is 1. The molecule has 0 amide bonds. The van der Waals surface area contributed by atoms with Gasteiger partial charge in [0.1, 0.15) is 21.5 Å². The topological polar surface area (TPSA) is 146 Å². The standard InChI is InChI=1S/C32H39F2N7O5S/c1-20-17-40(18-26(35)31(20)45-11-12-47(2,42)43)29-5-8-36-16-28(29)38-32-37-15-22-3-4-27(39-41(22)32)30-24(33)13-21(14-25(30)34)19-46-23-6-9-44-10-7-23/h3-5,8,13-16,20,23,26,31H,6-7,9-12,17-19,35H2,1-2H3,(H,37,38). The van der Waals surface area contributed by atoms with E-state index in [1.807, 2.05) is 13.0 Å². The molecule has 3 unspecified atom stereocenters. The number of piperidine rings is 1. The molecule has 0 spiro atoms. The molecule has 0 bridgehead atoms. The van der Waals surface area contributed by atoms with Crippen LogP contribution in [0, 0.1) is 17.6 Å². The molecule has 0 saturated carbocycles. The quantitative estimate of drug-likeness (QED) is 0.241. The zero-order valence-electron chi connectivity index (χ0n) is 26.3. The number of aromatic nitrogens is 4. The van der Waals surface area contributed by atoms with Crippen LogP contribution >= 0.6 is 0 Å². The van der Waals surface area contributed by atoms with Crippen molar-refractivity contribution in [2.75, 3.05) is 55.1 Å². The van der Waals surface area contributed by atoms with Crippen LogP contribution in [-0.4, -0.2) is 91.2 Å². The number of hydrogen-bond acceptors (Lipinski definition) is 11. The number of pyridine rings is 1. The lowest BCUT2D eigenvalue weighted by molar-refractivity contribution is -0.0391. The minimum atomic E-state index is -3.14. The molecule has 47 heavy (non-hydrogen) atoms. The number of imidazole rings is 1. The molecule has 2 fully saturated rings. The molecule has 15 heteroatoms. The second-order valence-electron chi connectivity index (χ2n) is 12.2. The Hall–Kier alpha value is -3.76. The third-order valence-corrected chi connectivity index (χ3v) is 9.38. The van der Waals surface area contributed by atoms with Gasteiger partial charge in [-0.3, -0.25) is 4.98 Å². The second kappa shape index (κ2) is 14.2. The number of nitrogens with two attached hydrogens (primary N) is 1. The monoisotopic (exact) mass is 671 g/mol. The molecule has 0 radical (unpaired) electrons. The minimum absolute atomic E-state index is 0.00538. The highest BCUT2D eigenvalue weighted by molar-refractivity contribution is 7.90. The molecule has 3 aromatic heterocycles. The molecule has 2 aliphatic rings. The Labute approximate surface area is 272 Å². The van der Waals surface area contributed by atoms with E-state index in [4.69, 9.17) is 19.9 Å². The highest BCUT2D eigenvalue weighted by Crippen LogP contribution is 2.33. The van der Waals surface area contributed by atoms with Crippen molar-refractivity contribution in [2.24, 2.45) is 11.7 Å². The zero-order valence-corrected chi connectivity index (χ0v) is 27.1. The molecule has 0 aliphatic carbocycles. The van der Waals surface area contributed by atoms with Crippen molar-refractivity contribution >= 4 is 32.7 Å². The molecular formula is C32H39F2N7O5S. The van der Waals surface area contributed by atoms with Crippen LogP contribution in [0.1, 0.15) is 25.3 Å². The van der Waals surface area contributed by atoms with Crippen molar-refractivity contribution < 1.29 is 31.4 Å². The molecule has 2 saturated heterocycles. The van der Waals surface area contributed by atoms with Crippen molar-refractivity contribution in [3.05, 3.63) is 66.1 Å². The van der Waals surface area contributed by atoms with Gasteiger partial charge in [0, 0.05) is 50.7 Å². The first-order valence-electron chi connectivity index (χ1n) is 15.6. The zero-order chi connectivity index (χ0) is 33.1. The van der Waals surface area contributed by atoms with Crippen LogP contribution in [0.15, 0.2) is 48.9 Å². The molecular weight excluding hydrogens is 632 g/mol. The summed E-state index contributed by atoms with van der Waals surface area (Å²) in [6.45, 7) is 4.52. The molecule has 4 aromatic rings. The maximum Gasteiger partial charge on any atom is 0.229 e. The van der Waals surface area contributed by atoms with E-state index in [9.17, 15) is 8.42 Å². The maximum atomic E-state index is 15.4. The average molecular weight is 672 g/mol. The van der Waals surface area contributed by atoms with Crippen LogP contribution in [0.25, 0.3) is 16.8 Å². The molecule has 5 heterocycles. The Kier molecular flexibility index (Phi) is 9.98. The number of ether oxygens (including phenoxy) is 3. The fraction of sp³-hybridized carbons (Fsp3) is 0.469. The Morgan fingerprint density at radius 2 is 1.85 bits per heavy atom. The second-order valence-corrected chi connectivity index (χ2v) is 14.5. The number of rotatable bonds is 11. The SMILES string of the molecule is CC1CN(c2ccncc2Nc2ncc3ccc(-c4c(F)cc(COC5CCOCC5)cc4F)nn23)CC(N)C1OCCS(C)(=O)=O. The van der Waals surface area contributed by atoms with Crippen molar-refractivity contribution in [3.63, 3.8) is 0 Å². The largest absolute Gasteiger partial charge is 0.381 e. The Balaban J connectivity index is 1.19. The van der Waals surface area contributed by atoms with Gasteiger partial charge < -0.3 is 30.2 Å². The van der Waals surface area contributed by atoms with Crippen LogP contribution in [0.3, 0.4) is 0 Å². The maximum absolute atomic E-state index is 15.4. The Morgan fingerprint density at radius 3 is 2.57 bits per heavy atom. The minimum Gasteiger partial charge on any atom is -0.381 e. The summed E-state index contributed by atoms with van der Waals surface area (Å²) in [6, 6.07) is 7.32. The number of fused-ring (bicyclic) bond motifs is 1. The fourth-order valence-corrected chi connectivity index (χ4v) is 6.52. The predicted octanol–water partition coefficient (Wildman–Crippen LogP) is 3.72. The van der Waals surface area contributed by atoms with E-state index in [2.05, 4.69) is 25.3 Å². The predicted molar refractivity (Wildman–Crippen MR) is 173 cm³/mol. The van der Waals surface area contributed by atoms with Crippen molar-refractivity contribution in [3.8, 4) is 11.3 Å². The number of benzene rings is 1. The first-order valence-corrected chi connectivity index (χ1v) is 17.6. The summed E-state index contributed by atoms with van der Waals surface area (Å²) in [5.74, 6) is -1.19. The Morgan fingerprint density at radius 1 is 1.09 bits per heavy atom. The smallest absolute Gasteiger partial charge is 0.229 e. The van der Waals surface area contributed by atoms with Gasteiger partial charge in [-0.15, -0.1) is 0 Å². The molecule has 2 aliphatic heterocycles. The van der Waals surface area contributed by atoms with Crippen LogP contribution in [-0.2, 0) is 30.7 Å². The lowest BCUT2D eigenvalue weighted by Crippen LogP contribution is -2.57. The van der Waals surface area contributed by atoms with Gasteiger partial charge in [-0.1, -0.05) is 6.92 Å². The van der Waals surface area contributed by atoms with Gasteiger partial charge in [-0.2, -0.15) is 9.61 Å².